The highest BCUT2D eigenvalue weighted by Gasteiger charge is 2.45. The van der Waals surface area contributed by atoms with E-state index >= 15 is 0 Å². The number of para-hydroxylation sites is 2. The number of nitrogens with zero attached hydrogens (tertiary/aromatic N) is 3. The molecule has 9 aromatic rings. The monoisotopic (exact) mass is 891 g/mol. The summed E-state index contributed by atoms with van der Waals surface area (Å²) >= 11 is 0. The van der Waals surface area contributed by atoms with Crippen LogP contribution in [-0.4, -0.2) is 6.71 Å². The van der Waals surface area contributed by atoms with E-state index in [1.165, 1.54) is 33.2 Å². The minimum Gasteiger partial charge on any atom is -0.461 e. The quantitative estimate of drug-likeness (QED) is 0.161. The van der Waals surface area contributed by atoms with E-state index in [2.05, 4.69) is 256 Å². The third kappa shape index (κ3) is 7.31. The maximum atomic E-state index is 6.86. The van der Waals surface area contributed by atoms with E-state index in [1.807, 2.05) is 0 Å². The zero-order valence-electron chi connectivity index (χ0n) is 41.7. The zero-order chi connectivity index (χ0) is 47.7. The van der Waals surface area contributed by atoms with Crippen molar-refractivity contribution in [2.24, 2.45) is 0 Å². The first kappa shape index (κ1) is 43.6. The number of rotatable bonds is 5. The molecule has 0 fully saturated rings. The highest BCUT2D eigenvalue weighted by Crippen LogP contribution is 2.50. The number of benzene rings is 7. The molecule has 0 unspecified atom stereocenters. The smallest absolute Gasteiger partial charge is 0.252 e. The van der Waals surface area contributed by atoms with Crippen molar-refractivity contribution in [3.05, 3.63) is 180 Å². The van der Waals surface area contributed by atoms with E-state index < -0.39 is 0 Å². The summed E-state index contributed by atoms with van der Waals surface area (Å²) in [4.78, 5) is 7.46. The lowest BCUT2D eigenvalue weighted by molar-refractivity contribution is 0.430. The Hall–Kier alpha value is -6.92. The predicted molar refractivity (Wildman–Crippen MR) is 289 cm³/mol. The first-order valence-corrected chi connectivity index (χ1v) is 24.3. The minimum absolute atomic E-state index is 0.00792. The highest BCUT2D eigenvalue weighted by atomic mass is 16.3. The summed E-state index contributed by atoms with van der Waals surface area (Å²) in [7, 11) is 0. The van der Waals surface area contributed by atoms with Gasteiger partial charge >= 0.3 is 0 Å². The lowest BCUT2D eigenvalue weighted by Gasteiger charge is -2.45. The molecule has 11 rings (SSSR count). The van der Waals surface area contributed by atoms with E-state index in [0.717, 1.165) is 79.0 Å². The van der Waals surface area contributed by atoms with Gasteiger partial charge in [-0.3, -0.25) is 0 Å². The van der Waals surface area contributed by atoms with Gasteiger partial charge in [-0.25, -0.2) is 0 Å². The SMILES string of the molecule is CC(C)(C)c1ccc(N2c3ccc(C(C)(C)C)cc3B3c4cc5oc(C(C)(C)C)cc5cc4N(c4ccc5oc(C(C)(C)C)cc5c4)c4cc(N(c5ccccc5)c5ccccc5)cc2c43)cc1. The van der Waals surface area contributed by atoms with Gasteiger partial charge in [-0.05, 0) is 135 Å². The summed E-state index contributed by atoms with van der Waals surface area (Å²) in [5.74, 6) is 1.94. The Morgan fingerprint density at radius 1 is 0.382 bits per heavy atom. The molecule has 6 heteroatoms. The molecular weight excluding hydrogens is 830 g/mol. The second-order valence-electron chi connectivity index (χ2n) is 23.2. The molecule has 68 heavy (non-hydrogen) atoms. The Kier molecular flexibility index (Phi) is 9.82. The Labute approximate surface area is 403 Å². The molecule has 5 nitrogen and oxygen atoms in total. The van der Waals surface area contributed by atoms with Gasteiger partial charge in [0, 0.05) is 67.1 Å². The third-order valence-corrected chi connectivity index (χ3v) is 14.1. The second kappa shape index (κ2) is 15.3. The van der Waals surface area contributed by atoms with Crippen LogP contribution in [0.3, 0.4) is 0 Å². The first-order chi connectivity index (χ1) is 32.2. The largest absolute Gasteiger partial charge is 0.461 e. The van der Waals surface area contributed by atoms with Crippen LogP contribution in [0.4, 0.5) is 51.2 Å². The summed E-state index contributed by atoms with van der Waals surface area (Å²) in [6, 6.07) is 58.9. The van der Waals surface area contributed by atoms with Gasteiger partial charge in [0.05, 0.1) is 5.69 Å². The molecule has 0 bridgehead atoms. The Balaban J connectivity index is 1.28. The molecule has 0 saturated heterocycles. The van der Waals surface area contributed by atoms with Crippen molar-refractivity contribution in [1.29, 1.82) is 0 Å². The van der Waals surface area contributed by atoms with Crippen molar-refractivity contribution in [3.8, 4) is 0 Å². The van der Waals surface area contributed by atoms with Gasteiger partial charge in [-0.2, -0.15) is 0 Å². The van der Waals surface area contributed by atoms with Gasteiger partial charge < -0.3 is 23.5 Å². The number of furan rings is 2. The maximum Gasteiger partial charge on any atom is 0.252 e. The first-order valence-electron chi connectivity index (χ1n) is 24.3. The summed E-state index contributed by atoms with van der Waals surface area (Å²) in [5.41, 5.74) is 17.8. The van der Waals surface area contributed by atoms with Gasteiger partial charge in [0.15, 0.2) is 0 Å². The molecule has 4 heterocycles. The van der Waals surface area contributed by atoms with E-state index in [4.69, 9.17) is 8.83 Å². The van der Waals surface area contributed by atoms with Crippen LogP contribution in [0.2, 0.25) is 0 Å². The predicted octanol–water partition coefficient (Wildman–Crippen LogP) is 15.9. The fraction of sp³-hybridized carbons (Fsp3) is 0.258. The van der Waals surface area contributed by atoms with E-state index in [9.17, 15) is 0 Å². The molecule has 0 aliphatic carbocycles. The van der Waals surface area contributed by atoms with Crippen LogP contribution in [0.5, 0.6) is 0 Å². The number of fused-ring (bicyclic) bond motifs is 6. The van der Waals surface area contributed by atoms with Crippen molar-refractivity contribution in [2.75, 3.05) is 14.7 Å². The fourth-order valence-corrected chi connectivity index (χ4v) is 10.3. The maximum absolute atomic E-state index is 6.86. The minimum atomic E-state index is -0.165. The summed E-state index contributed by atoms with van der Waals surface area (Å²) in [6.45, 7) is 27.0. The van der Waals surface area contributed by atoms with Crippen LogP contribution in [0.15, 0.2) is 167 Å². The molecule has 0 N–H and O–H groups in total. The number of hydrogen-bond acceptors (Lipinski definition) is 5. The third-order valence-electron chi connectivity index (χ3n) is 14.1. The van der Waals surface area contributed by atoms with Crippen LogP contribution in [0.1, 0.15) is 106 Å². The van der Waals surface area contributed by atoms with Gasteiger partial charge in [0.25, 0.3) is 6.71 Å². The average molecular weight is 892 g/mol. The van der Waals surface area contributed by atoms with Crippen LogP contribution in [-0.2, 0) is 21.7 Å². The molecular formula is C62H62BN3O2. The van der Waals surface area contributed by atoms with Gasteiger partial charge in [0.1, 0.15) is 22.7 Å². The summed E-state index contributed by atoms with van der Waals surface area (Å²) in [6.07, 6.45) is 0. The molecule has 0 amide bonds. The van der Waals surface area contributed by atoms with Crippen molar-refractivity contribution < 1.29 is 8.83 Å². The average Bonchev–Trinajstić information content (AvgIpc) is 3.93. The van der Waals surface area contributed by atoms with E-state index in [1.54, 1.807) is 0 Å². The van der Waals surface area contributed by atoms with Gasteiger partial charge in [-0.15, -0.1) is 0 Å². The Morgan fingerprint density at radius 3 is 1.44 bits per heavy atom. The fourth-order valence-electron chi connectivity index (χ4n) is 10.3. The van der Waals surface area contributed by atoms with Gasteiger partial charge in [-0.1, -0.05) is 144 Å². The summed E-state index contributed by atoms with van der Waals surface area (Å²) < 4.78 is 13.4. The second-order valence-corrected chi connectivity index (χ2v) is 23.2. The normalized spacial score (nSPS) is 13.8. The topological polar surface area (TPSA) is 36.0 Å². The van der Waals surface area contributed by atoms with Crippen molar-refractivity contribution in [3.63, 3.8) is 0 Å². The van der Waals surface area contributed by atoms with Crippen LogP contribution in [0, 0.1) is 0 Å². The van der Waals surface area contributed by atoms with Crippen LogP contribution < -0.4 is 31.1 Å². The Morgan fingerprint density at radius 2 is 0.882 bits per heavy atom. The van der Waals surface area contributed by atoms with Crippen LogP contribution >= 0.6 is 0 Å². The molecule has 0 saturated carbocycles. The molecule has 0 spiro atoms. The zero-order valence-corrected chi connectivity index (χ0v) is 41.7. The van der Waals surface area contributed by atoms with E-state index in [0.29, 0.717) is 0 Å². The molecule has 0 radical (unpaired) electrons. The molecule has 2 aliphatic heterocycles. The Bertz CT molecular complexity index is 3350. The molecule has 0 atom stereocenters. The lowest BCUT2D eigenvalue weighted by atomic mass is 9.33. The van der Waals surface area contributed by atoms with Crippen LogP contribution in [0.25, 0.3) is 21.9 Å². The highest BCUT2D eigenvalue weighted by molar-refractivity contribution is 7.00. The molecule has 2 aliphatic rings. The number of anilines is 9. The molecule has 340 valence electrons. The molecule has 7 aromatic carbocycles. The molecule has 2 aromatic heterocycles. The van der Waals surface area contributed by atoms with Crippen molar-refractivity contribution >= 4 is 96.2 Å². The summed E-state index contributed by atoms with van der Waals surface area (Å²) in [5, 5.41) is 2.17. The standard InChI is InChI=1S/C62H62BN3O2/c1-59(2,3)41-23-26-45(27-24-41)65-50-29-25-42(60(4,5)6)35-48(50)63-49-38-55-40(34-57(68-55)62(10,11)12)32-51(49)66(46-28-30-54-39(31-46)33-56(67-54)61(7,8)9)53-37-47(36-52(65)58(53)63)64(43-19-15-13-16-20-43)44-21-17-14-18-22-44/h13-38H,1-12H3. The van der Waals surface area contributed by atoms with E-state index in [-0.39, 0.29) is 28.4 Å². The van der Waals surface area contributed by atoms with Crippen molar-refractivity contribution in [1.82, 2.24) is 0 Å². The van der Waals surface area contributed by atoms with Crippen molar-refractivity contribution in [2.45, 2.75) is 105 Å². The lowest BCUT2D eigenvalue weighted by Crippen LogP contribution is -2.61. The number of hydrogen-bond donors (Lipinski definition) is 0. The van der Waals surface area contributed by atoms with Gasteiger partial charge in [0.2, 0.25) is 0 Å².